The van der Waals surface area contributed by atoms with Gasteiger partial charge in [0.1, 0.15) is 6.10 Å². The Labute approximate surface area is 113 Å². The minimum Gasteiger partial charge on any atom is -0.388 e. The molecule has 1 saturated heterocycles. The third kappa shape index (κ3) is 3.21. The van der Waals surface area contributed by atoms with Gasteiger partial charge in [-0.25, -0.2) is 0 Å². The summed E-state index contributed by atoms with van der Waals surface area (Å²) >= 11 is 0. The first-order valence-electron chi connectivity index (χ1n) is 6.55. The van der Waals surface area contributed by atoms with Crippen LogP contribution in [0.4, 0.5) is 0 Å². The van der Waals surface area contributed by atoms with E-state index >= 15 is 0 Å². The topological polar surface area (TPSA) is 66.8 Å². The number of carbonyl (C=O) groups is 1. The molecule has 1 aliphatic rings. The average molecular weight is 264 g/mol. The fraction of sp³-hybridized carbons (Fsp3) is 0.533. The minimum atomic E-state index is -1.17. The molecule has 0 amide bonds. The van der Waals surface area contributed by atoms with Crippen LogP contribution in [0.5, 0.6) is 0 Å². The molecule has 0 spiro atoms. The number of rotatable bonds is 4. The predicted octanol–water partition coefficient (Wildman–Crippen LogP) is 1.55. The fourth-order valence-electron chi connectivity index (χ4n) is 2.36. The number of benzene rings is 1. The lowest BCUT2D eigenvalue weighted by molar-refractivity contribution is -0.102. The molecule has 0 aliphatic carbocycles. The first kappa shape index (κ1) is 14.2. The molecule has 4 nitrogen and oxygen atoms in total. The molecule has 0 aromatic heterocycles. The Balaban J connectivity index is 2.02. The standard InChI is InChI=1S/C15H20O4/c1-15(2,18)12-9-8-11(19-12)14(17)13(16)10-6-4-3-5-7-10/h3-7,11-12,14,17-18H,8-9H2,1-2H3/t11-,12+,14+/m1/s1. The van der Waals surface area contributed by atoms with Gasteiger partial charge >= 0.3 is 0 Å². The molecule has 1 heterocycles. The van der Waals surface area contributed by atoms with Gasteiger partial charge in [-0.3, -0.25) is 4.79 Å². The summed E-state index contributed by atoms with van der Waals surface area (Å²) in [5.41, 5.74) is -0.477. The molecule has 19 heavy (non-hydrogen) atoms. The van der Waals surface area contributed by atoms with Crippen LogP contribution in [0.1, 0.15) is 37.0 Å². The molecule has 104 valence electrons. The first-order chi connectivity index (χ1) is 8.89. The van der Waals surface area contributed by atoms with E-state index in [-0.39, 0.29) is 11.9 Å². The van der Waals surface area contributed by atoms with Crippen LogP contribution in [0.2, 0.25) is 0 Å². The SMILES string of the molecule is CC(C)(O)[C@@H]1CC[C@H]([C@H](O)C(=O)c2ccccc2)O1. The molecule has 3 atom stereocenters. The Kier molecular flexibility index (Phi) is 4.04. The van der Waals surface area contributed by atoms with Gasteiger partial charge in [-0.15, -0.1) is 0 Å². The van der Waals surface area contributed by atoms with E-state index < -0.39 is 17.8 Å². The number of carbonyl (C=O) groups excluding carboxylic acids is 1. The zero-order valence-corrected chi connectivity index (χ0v) is 11.2. The van der Waals surface area contributed by atoms with Gasteiger partial charge in [0.25, 0.3) is 0 Å². The molecule has 1 fully saturated rings. The third-order valence-electron chi connectivity index (χ3n) is 3.52. The van der Waals surface area contributed by atoms with Gasteiger partial charge in [-0.1, -0.05) is 30.3 Å². The van der Waals surface area contributed by atoms with Crippen molar-refractivity contribution in [2.75, 3.05) is 0 Å². The lowest BCUT2D eigenvalue weighted by Crippen LogP contribution is -2.39. The number of Topliss-reactive ketones (excluding diaryl/α,β-unsaturated/α-hetero) is 1. The van der Waals surface area contributed by atoms with Gasteiger partial charge < -0.3 is 14.9 Å². The lowest BCUT2D eigenvalue weighted by atomic mass is 9.97. The number of hydrogen-bond donors (Lipinski definition) is 2. The van der Waals surface area contributed by atoms with Crippen molar-refractivity contribution in [2.45, 2.75) is 50.6 Å². The van der Waals surface area contributed by atoms with Crippen molar-refractivity contribution in [1.29, 1.82) is 0 Å². The van der Waals surface area contributed by atoms with Crippen LogP contribution in [0.3, 0.4) is 0 Å². The van der Waals surface area contributed by atoms with Crippen molar-refractivity contribution in [3.05, 3.63) is 35.9 Å². The molecule has 1 aromatic rings. The van der Waals surface area contributed by atoms with E-state index in [1.54, 1.807) is 38.1 Å². The second-order valence-corrected chi connectivity index (χ2v) is 5.57. The Morgan fingerprint density at radius 3 is 2.47 bits per heavy atom. The quantitative estimate of drug-likeness (QED) is 0.810. The summed E-state index contributed by atoms with van der Waals surface area (Å²) in [7, 11) is 0. The molecule has 2 N–H and O–H groups in total. The lowest BCUT2D eigenvalue weighted by Gasteiger charge is -2.26. The molecule has 0 bridgehead atoms. The summed E-state index contributed by atoms with van der Waals surface area (Å²) < 4.78 is 5.61. The van der Waals surface area contributed by atoms with Gasteiger partial charge in [0.15, 0.2) is 5.78 Å². The zero-order chi connectivity index (χ0) is 14.0. The van der Waals surface area contributed by atoms with Crippen LogP contribution in [-0.4, -0.2) is 39.9 Å². The van der Waals surface area contributed by atoms with E-state index in [4.69, 9.17) is 4.74 Å². The Morgan fingerprint density at radius 1 is 1.32 bits per heavy atom. The summed E-state index contributed by atoms with van der Waals surface area (Å²) in [5, 5.41) is 20.0. The molecule has 1 aliphatic heterocycles. The number of aliphatic hydroxyl groups excluding tert-OH is 1. The molecule has 0 saturated carbocycles. The largest absolute Gasteiger partial charge is 0.388 e. The minimum absolute atomic E-state index is 0.331. The number of aliphatic hydroxyl groups is 2. The van der Waals surface area contributed by atoms with E-state index in [9.17, 15) is 15.0 Å². The maximum Gasteiger partial charge on any atom is 0.193 e. The highest BCUT2D eigenvalue weighted by atomic mass is 16.5. The van der Waals surface area contributed by atoms with E-state index in [2.05, 4.69) is 0 Å². The highest BCUT2D eigenvalue weighted by Gasteiger charge is 2.40. The van der Waals surface area contributed by atoms with Crippen LogP contribution >= 0.6 is 0 Å². The number of hydrogen-bond acceptors (Lipinski definition) is 4. The van der Waals surface area contributed by atoms with Crippen LogP contribution in [0, 0.1) is 0 Å². The first-order valence-corrected chi connectivity index (χ1v) is 6.55. The summed E-state index contributed by atoms with van der Waals surface area (Å²) in [5.74, 6) is -0.331. The van der Waals surface area contributed by atoms with Crippen LogP contribution in [-0.2, 0) is 4.74 Å². The molecule has 4 heteroatoms. The van der Waals surface area contributed by atoms with Crippen LogP contribution in [0.25, 0.3) is 0 Å². The van der Waals surface area contributed by atoms with E-state index in [1.807, 2.05) is 6.07 Å². The van der Waals surface area contributed by atoms with Crippen LogP contribution in [0.15, 0.2) is 30.3 Å². The molecule has 0 unspecified atom stereocenters. The summed E-state index contributed by atoms with van der Waals surface area (Å²) in [4.78, 5) is 12.1. The Hall–Kier alpha value is -1.23. The second-order valence-electron chi connectivity index (χ2n) is 5.57. The highest BCUT2D eigenvalue weighted by Crippen LogP contribution is 2.30. The summed E-state index contributed by atoms with van der Waals surface area (Å²) in [6.07, 6.45) is -0.823. The third-order valence-corrected chi connectivity index (χ3v) is 3.52. The zero-order valence-electron chi connectivity index (χ0n) is 11.2. The Morgan fingerprint density at radius 2 is 1.95 bits per heavy atom. The monoisotopic (exact) mass is 264 g/mol. The highest BCUT2D eigenvalue weighted by molar-refractivity contribution is 5.99. The molecular formula is C15H20O4. The van der Waals surface area contributed by atoms with Crippen LogP contribution < -0.4 is 0 Å². The maximum absolute atomic E-state index is 12.1. The van der Waals surface area contributed by atoms with Gasteiger partial charge in [0, 0.05) is 5.56 Å². The average Bonchev–Trinajstić information content (AvgIpc) is 2.87. The maximum atomic E-state index is 12.1. The fourth-order valence-corrected chi connectivity index (χ4v) is 2.36. The van der Waals surface area contributed by atoms with Gasteiger partial charge in [0.05, 0.1) is 17.8 Å². The molecular weight excluding hydrogens is 244 g/mol. The van der Waals surface area contributed by atoms with E-state index in [1.165, 1.54) is 0 Å². The van der Waals surface area contributed by atoms with Crippen molar-refractivity contribution in [2.24, 2.45) is 0 Å². The van der Waals surface area contributed by atoms with Crippen molar-refractivity contribution in [3.8, 4) is 0 Å². The molecule has 0 radical (unpaired) electrons. The second kappa shape index (κ2) is 5.41. The number of ether oxygens (including phenoxy) is 1. The predicted molar refractivity (Wildman–Crippen MR) is 71.0 cm³/mol. The van der Waals surface area contributed by atoms with Gasteiger partial charge in [-0.2, -0.15) is 0 Å². The normalized spacial score (nSPS) is 25.3. The molecule has 2 rings (SSSR count). The smallest absolute Gasteiger partial charge is 0.193 e. The van der Waals surface area contributed by atoms with Crippen molar-refractivity contribution in [1.82, 2.24) is 0 Å². The summed E-state index contributed by atoms with van der Waals surface area (Å²) in [6, 6.07) is 8.69. The summed E-state index contributed by atoms with van der Waals surface area (Å²) in [6.45, 7) is 3.34. The van der Waals surface area contributed by atoms with Crippen molar-refractivity contribution >= 4 is 5.78 Å². The van der Waals surface area contributed by atoms with Crippen molar-refractivity contribution in [3.63, 3.8) is 0 Å². The number of ketones is 1. The molecule has 1 aromatic carbocycles. The van der Waals surface area contributed by atoms with E-state index in [0.29, 0.717) is 18.4 Å². The van der Waals surface area contributed by atoms with Gasteiger partial charge in [0.2, 0.25) is 0 Å². The Bertz CT molecular complexity index is 435. The van der Waals surface area contributed by atoms with Gasteiger partial charge in [-0.05, 0) is 26.7 Å². The van der Waals surface area contributed by atoms with E-state index in [0.717, 1.165) is 0 Å². The van der Waals surface area contributed by atoms with Crippen molar-refractivity contribution < 1.29 is 19.7 Å².